The number of nitrogens with two attached hydrogens (primary N) is 1. The highest BCUT2D eigenvalue weighted by atomic mass is 35.7. The highest BCUT2D eigenvalue weighted by molar-refractivity contribution is 8.13. The molecule has 2 aromatic carbocycles. The highest BCUT2D eigenvalue weighted by Crippen LogP contribution is 2.31. The molecule has 0 saturated carbocycles. The summed E-state index contributed by atoms with van der Waals surface area (Å²) >= 11 is 0. The third-order valence-electron chi connectivity index (χ3n) is 8.76. The zero-order valence-corrected chi connectivity index (χ0v) is 34.9. The van der Waals surface area contributed by atoms with Gasteiger partial charge < -0.3 is 35.4 Å². The van der Waals surface area contributed by atoms with Crippen molar-refractivity contribution in [3.63, 3.8) is 0 Å². The van der Waals surface area contributed by atoms with Crippen molar-refractivity contribution in [2.24, 2.45) is 5.73 Å². The Kier molecular flexibility index (Phi) is 16.1. The molecule has 0 unspecified atom stereocenters. The van der Waals surface area contributed by atoms with Crippen LogP contribution < -0.4 is 20.5 Å². The number of rotatable bonds is 8. The molecule has 16 nitrogen and oxygen atoms in total. The predicted molar refractivity (Wildman–Crippen MR) is 229 cm³/mol. The Morgan fingerprint density at radius 3 is 2.12 bits per heavy atom. The molecule has 4 aromatic heterocycles. The summed E-state index contributed by atoms with van der Waals surface area (Å²) in [4.78, 5) is 32.0. The number of nitrogens with zero attached hydrogens (tertiary/aromatic N) is 3. The standard InChI is InChI=1S/C17H17N3O3S.C14H19N3O2.C8H7ClO3S.CH2O2.CH4/c18-7-5-13-11-20(15-2-1-8-19-17(13)15)24(21,22)14-4-3-12-6-9-23-16(12)10-14;1-14(2,3)19-13(18)16-8-6-10-9-17-11-5-4-7-15-12(10)11;9-13(10,11)7-2-1-6-3-4-12-8(6)5-7;2-1-3;/h1-4,8,10-11H,5-7,9,18H2;4-5,7,9,17H,6,8H2,1-3H3,(H,16,18);1-2,5H,3-4H2;1H,(H,2,3);1H4. The Balaban J connectivity index is 0.000000198. The molecule has 1 amide bonds. The Labute approximate surface area is 353 Å². The van der Waals surface area contributed by atoms with E-state index in [1.54, 1.807) is 48.9 Å². The van der Waals surface area contributed by atoms with E-state index < -0.39 is 24.7 Å². The number of pyridine rings is 2. The van der Waals surface area contributed by atoms with Crippen LogP contribution in [-0.2, 0) is 54.3 Å². The van der Waals surface area contributed by atoms with E-state index in [4.69, 9.17) is 40.5 Å². The maximum absolute atomic E-state index is 13.1. The van der Waals surface area contributed by atoms with Crippen molar-refractivity contribution in [1.82, 2.24) is 24.2 Å². The van der Waals surface area contributed by atoms with Gasteiger partial charge in [-0.25, -0.2) is 25.6 Å². The molecule has 2 aliphatic heterocycles. The summed E-state index contributed by atoms with van der Waals surface area (Å²) in [6, 6.07) is 17.1. The molecule has 8 rings (SSSR count). The van der Waals surface area contributed by atoms with Gasteiger partial charge in [-0.15, -0.1) is 0 Å². The van der Waals surface area contributed by atoms with Crippen molar-refractivity contribution < 1.29 is 45.7 Å². The Morgan fingerprint density at radius 1 is 0.933 bits per heavy atom. The molecule has 0 saturated heterocycles. The van der Waals surface area contributed by atoms with Gasteiger partial charge in [0.15, 0.2) is 0 Å². The molecule has 60 heavy (non-hydrogen) atoms. The summed E-state index contributed by atoms with van der Waals surface area (Å²) in [5, 5.41) is 9.63. The minimum atomic E-state index is -3.73. The van der Waals surface area contributed by atoms with E-state index in [2.05, 4.69) is 20.3 Å². The van der Waals surface area contributed by atoms with E-state index in [-0.39, 0.29) is 29.8 Å². The van der Waals surface area contributed by atoms with E-state index in [1.165, 1.54) is 16.1 Å². The molecule has 322 valence electrons. The molecular formula is C41H49ClN6O10S2. The number of carbonyl (C=O) groups excluding carboxylic acids is 1. The first-order valence-electron chi connectivity index (χ1n) is 18.4. The molecule has 6 aromatic rings. The lowest BCUT2D eigenvalue weighted by atomic mass is 10.2. The third kappa shape index (κ3) is 12.0. The number of aromatic nitrogens is 4. The van der Waals surface area contributed by atoms with Crippen molar-refractivity contribution in [3.8, 4) is 11.5 Å². The average Bonchev–Trinajstić information content (AvgIpc) is 4.01. The Morgan fingerprint density at radius 2 is 1.52 bits per heavy atom. The molecule has 6 heterocycles. The molecular weight excluding hydrogens is 836 g/mol. The maximum atomic E-state index is 13.1. The van der Waals surface area contributed by atoms with Gasteiger partial charge in [-0.1, -0.05) is 19.6 Å². The van der Waals surface area contributed by atoms with Crippen molar-refractivity contribution >= 4 is 64.4 Å². The fraction of sp³-hybridized carbons (Fsp3) is 0.317. The lowest BCUT2D eigenvalue weighted by Gasteiger charge is -2.19. The first-order chi connectivity index (χ1) is 28.0. The van der Waals surface area contributed by atoms with Crippen molar-refractivity contribution in [3.05, 3.63) is 108 Å². The highest BCUT2D eigenvalue weighted by Gasteiger charge is 2.24. The number of H-pyrrole nitrogens is 1. The number of halogens is 1. The van der Waals surface area contributed by atoms with Crippen LogP contribution in [0.25, 0.3) is 22.1 Å². The van der Waals surface area contributed by atoms with Crippen molar-refractivity contribution in [2.45, 2.75) is 69.3 Å². The normalized spacial score (nSPS) is 12.7. The van der Waals surface area contributed by atoms with Gasteiger partial charge in [0.25, 0.3) is 25.5 Å². The second-order valence-corrected chi connectivity index (χ2v) is 18.4. The molecule has 0 radical (unpaired) electrons. The van der Waals surface area contributed by atoms with Gasteiger partial charge in [-0.2, -0.15) is 0 Å². The van der Waals surface area contributed by atoms with Crippen LogP contribution in [0.1, 0.15) is 50.5 Å². The number of nitrogens with one attached hydrogen (secondary N) is 2. The second kappa shape index (κ2) is 20.5. The number of hydrogen-bond acceptors (Lipinski definition) is 12. The van der Waals surface area contributed by atoms with Crippen LogP contribution in [0.15, 0.2) is 95.2 Å². The number of amides is 1. The SMILES string of the molecule is C.CC(C)(C)OC(=O)NCCc1c[nH]c2cccnc12.NCCc1cn(S(=O)(=O)c2ccc3c(c2)OCC3)c2cccnc12.O=CO.O=S(=O)(Cl)c1ccc2c(c1)OCC2. The van der Waals surface area contributed by atoms with Crippen molar-refractivity contribution in [2.75, 3.05) is 26.3 Å². The lowest BCUT2D eigenvalue weighted by molar-refractivity contribution is -0.122. The topological polar surface area (TPSA) is 235 Å². The van der Waals surface area contributed by atoms with Crippen LogP contribution in [0, 0.1) is 0 Å². The summed E-state index contributed by atoms with van der Waals surface area (Å²) in [7, 11) is -2.18. The van der Waals surface area contributed by atoms with Gasteiger partial charge in [-0.05, 0) is 98.8 Å². The number of fused-ring (bicyclic) bond motifs is 4. The summed E-state index contributed by atoms with van der Waals surface area (Å²) in [6.07, 6.45) is 9.51. The zero-order valence-electron chi connectivity index (χ0n) is 32.6. The summed E-state index contributed by atoms with van der Waals surface area (Å²) in [6.45, 7) is 7.44. The number of carboxylic acid groups (broad SMARTS) is 1. The smallest absolute Gasteiger partial charge is 0.407 e. The first kappa shape index (κ1) is 47.0. The quantitative estimate of drug-likeness (QED) is 0.0982. The fourth-order valence-corrected chi connectivity index (χ4v) is 8.33. The average molecular weight is 885 g/mol. The third-order valence-corrected chi connectivity index (χ3v) is 11.8. The number of carbonyl (C=O) groups is 2. The van der Waals surface area contributed by atoms with Gasteiger partial charge >= 0.3 is 6.09 Å². The molecule has 0 bridgehead atoms. The number of alkyl carbamates (subject to hydrolysis) is 1. The van der Waals surface area contributed by atoms with E-state index >= 15 is 0 Å². The van der Waals surface area contributed by atoms with Gasteiger partial charge in [0.2, 0.25) is 0 Å². The zero-order chi connectivity index (χ0) is 42.8. The predicted octanol–water partition coefficient (Wildman–Crippen LogP) is 6.23. The first-order valence-corrected chi connectivity index (χ1v) is 22.1. The van der Waals surface area contributed by atoms with Crippen LogP contribution in [-0.4, -0.2) is 85.3 Å². The van der Waals surface area contributed by atoms with Crippen LogP contribution in [0.3, 0.4) is 0 Å². The van der Waals surface area contributed by atoms with Crippen LogP contribution in [0.5, 0.6) is 11.5 Å². The van der Waals surface area contributed by atoms with Gasteiger partial charge in [0.05, 0.1) is 45.1 Å². The molecule has 0 spiro atoms. The number of ether oxygens (including phenoxy) is 3. The van der Waals surface area contributed by atoms with Gasteiger partial charge in [0.1, 0.15) is 17.1 Å². The summed E-state index contributed by atoms with van der Waals surface area (Å²) in [5.74, 6) is 1.27. The Hall–Kier alpha value is -5.69. The Bertz CT molecular complexity index is 2640. The minimum absolute atomic E-state index is 0. The molecule has 0 fully saturated rings. The molecule has 5 N–H and O–H groups in total. The lowest BCUT2D eigenvalue weighted by Crippen LogP contribution is -2.33. The maximum Gasteiger partial charge on any atom is 0.407 e. The summed E-state index contributed by atoms with van der Waals surface area (Å²) < 4.78 is 65.3. The van der Waals surface area contributed by atoms with Crippen molar-refractivity contribution in [1.29, 1.82) is 0 Å². The van der Waals surface area contributed by atoms with Crippen LogP contribution in [0.4, 0.5) is 4.79 Å². The minimum Gasteiger partial charge on any atom is -0.493 e. The van der Waals surface area contributed by atoms with E-state index in [0.29, 0.717) is 55.3 Å². The molecule has 0 aliphatic carbocycles. The number of aromatic amines is 1. The monoisotopic (exact) mass is 884 g/mol. The van der Waals surface area contributed by atoms with Crippen LogP contribution >= 0.6 is 10.7 Å². The van der Waals surface area contributed by atoms with E-state index in [0.717, 1.165) is 52.5 Å². The van der Waals surface area contributed by atoms with Gasteiger partial charge in [0, 0.05) is 67.0 Å². The van der Waals surface area contributed by atoms with Crippen LogP contribution in [0.2, 0.25) is 0 Å². The fourth-order valence-electron chi connectivity index (χ4n) is 6.17. The number of hydrogen-bond donors (Lipinski definition) is 4. The molecule has 0 atom stereocenters. The van der Waals surface area contributed by atoms with Gasteiger partial charge in [-0.3, -0.25) is 14.8 Å². The summed E-state index contributed by atoms with van der Waals surface area (Å²) in [5.41, 5.74) is 12.4. The molecule has 2 aliphatic rings. The van der Waals surface area contributed by atoms with E-state index in [1.807, 2.05) is 45.2 Å². The van der Waals surface area contributed by atoms with E-state index in [9.17, 15) is 21.6 Å². The molecule has 19 heteroatoms. The largest absolute Gasteiger partial charge is 0.493 e. The second-order valence-electron chi connectivity index (χ2n) is 14.0. The number of benzene rings is 2.